The van der Waals surface area contributed by atoms with Gasteiger partial charge in [-0.2, -0.15) is 34.8 Å². The highest BCUT2D eigenvalue weighted by atomic mass is 32.2. The van der Waals surface area contributed by atoms with E-state index in [4.69, 9.17) is 0 Å². The first kappa shape index (κ1) is 18.6. The number of hydrogen-bond donors (Lipinski definition) is 0. The molecule has 0 bridgehead atoms. The van der Waals surface area contributed by atoms with Gasteiger partial charge in [-0.25, -0.2) is 0 Å². The van der Waals surface area contributed by atoms with Crippen LogP contribution in [0, 0.1) is 5.92 Å². The standard InChI is InChI=1S/C14H12F6O3S/c15-13(16,17)11-5-6-12(23-24(21,22)14(18,19)20)8-10(7-11)4-3-9-1-2-9/h3-7,9H,1-2,8H2/b4-3+. The zero-order chi connectivity index (χ0) is 18.2. The summed E-state index contributed by atoms with van der Waals surface area (Å²) in [4.78, 5) is 0. The van der Waals surface area contributed by atoms with Crippen molar-refractivity contribution in [2.24, 2.45) is 5.92 Å². The van der Waals surface area contributed by atoms with Crippen molar-refractivity contribution in [3.05, 3.63) is 47.3 Å². The van der Waals surface area contributed by atoms with Crippen molar-refractivity contribution in [3.8, 4) is 0 Å². The molecule has 0 heterocycles. The number of hydrogen-bond acceptors (Lipinski definition) is 3. The van der Waals surface area contributed by atoms with E-state index in [2.05, 4.69) is 4.18 Å². The maximum atomic E-state index is 12.9. The zero-order valence-electron chi connectivity index (χ0n) is 12.0. The second kappa shape index (κ2) is 6.30. The quantitative estimate of drug-likeness (QED) is 0.413. The summed E-state index contributed by atoms with van der Waals surface area (Å²) in [7, 11) is -5.94. The molecule has 24 heavy (non-hydrogen) atoms. The van der Waals surface area contributed by atoms with Crippen LogP contribution in [0.1, 0.15) is 19.3 Å². The van der Waals surface area contributed by atoms with E-state index in [0.29, 0.717) is 12.2 Å². The number of allylic oxidation sites excluding steroid dienone is 7. The molecule has 3 nitrogen and oxygen atoms in total. The van der Waals surface area contributed by atoms with Crippen LogP contribution < -0.4 is 0 Å². The van der Waals surface area contributed by atoms with E-state index in [1.54, 1.807) is 6.08 Å². The second-order valence-electron chi connectivity index (χ2n) is 5.33. The molecule has 0 saturated heterocycles. The van der Waals surface area contributed by atoms with Crippen molar-refractivity contribution >= 4 is 10.1 Å². The highest BCUT2D eigenvalue weighted by Gasteiger charge is 2.49. The van der Waals surface area contributed by atoms with E-state index in [1.165, 1.54) is 6.08 Å². The molecular formula is C14H12F6O3S. The molecule has 0 aromatic rings. The summed E-state index contributed by atoms with van der Waals surface area (Å²) in [6.45, 7) is 0. The van der Waals surface area contributed by atoms with E-state index in [1.807, 2.05) is 0 Å². The Bertz CT molecular complexity index is 719. The van der Waals surface area contributed by atoms with Crippen LogP contribution in [0.5, 0.6) is 0 Å². The molecule has 0 radical (unpaired) electrons. The first-order valence-electron chi connectivity index (χ1n) is 6.76. The molecule has 0 aliphatic heterocycles. The van der Waals surface area contributed by atoms with Crippen LogP contribution in [-0.2, 0) is 14.3 Å². The van der Waals surface area contributed by atoms with Gasteiger partial charge in [0, 0.05) is 6.42 Å². The topological polar surface area (TPSA) is 43.4 Å². The highest BCUT2D eigenvalue weighted by Crippen LogP contribution is 2.35. The fraction of sp³-hybridized carbons (Fsp3) is 0.429. The summed E-state index contributed by atoms with van der Waals surface area (Å²) in [5.41, 5.74) is -6.77. The SMILES string of the molecule is O=S(=O)(OC1=CC=C(C(F)(F)F)C=C(/C=C/C2CC2)C1)C(F)(F)F. The Morgan fingerprint density at radius 2 is 1.71 bits per heavy atom. The van der Waals surface area contributed by atoms with Crippen molar-refractivity contribution in [1.82, 2.24) is 0 Å². The van der Waals surface area contributed by atoms with Crippen LogP contribution in [-0.4, -0.2) is 20.1 Å². The van der Waals surface area contributed by atoms with Crippen LogP contribution in [0.2, 0.25) is 0 Å². The number of rotatable bonds is 4. The summed E-state index contributed by atoms with van der Waals surface area (Å²) in [5.74, 6) is -0.516. The van der Waals surface area contributed by atoms with Crippen molar-refractivity contribution in [3.63, 3.8) is 0 Å². The number of alkyl halides is 6. The molecule has 0 N–H and O–H groups in total. The van der Waals surface area contributed by atoms with Gasteiger partial charge in [0.25, 0.3) is 0 Å². The molecule has 0 atom stereocenters. The fourth-order valence-corrected chi connectivity index (χ4v) is 2.31. The summed E-state index contributed by atoms with van der Waals surface area (Å²) in [5, 5.41) is 0. The fourth-order valence-electron chi connectivity index (χ4n) is 1.82. The van der Waals surface area contributed by atoms with Gasteiger partial charge in [-0.3, -0.25) is 0 Å². The average molecular weight is 374 g/mol. The Morgan fingerprint density at radius 3 is 2.21 bits per heavy atom. The first-order chi connectivity index (χ1) is 10.9. The third-order valence-corrected chi connectivity index (χ3v) is 4.20. The number of halogens is 6. The van der Waals surface area contributed by atoms with Crippen LogP contribution >= 0.6 is 0 Å². The minimum absolute atomic E-state index is 0.00611. The lowest BCUT2D eigenvalue weighted by Gasteiger charge is -2.12. The van der Waals surface area contributed by atoms with Gasteiger partial charge in [0.2, 0.25) is 0 Å². The van der Waals surface area contributed by atoms with Gasteiger partial charge in [-0.15, -0.1) is 0 Å². The molecule has 2 aliphatic rings. The van der Waals surface area contributed by atoms with Crippen molar-refractivity contribution in [2.45, 2.75) is 30.9 Å². The zero-order valence-corrected chi connectivity index (χ0v) is 12.8. The van der Waals surface area contributed by atoms with E-state index in [9.17, 15) is 34.8 Å². The molecule has 0 aromatic heterocycles. The van der Waals surface area contributed by atoms with Gasteiger partial charge in [0.15, 0.2) is 0 Å². The third kappa shape index (κ3) is 4.89. The smallest absolute Gasteiger partial charge is 0.380 e. The Hall–Kier alpha value is -1.71. The molecule has 2 aliphatic carbocycles. The Labute approximate surface area is 134 Å². The second-order valence-corrected chi connectivity index (χ2v) is 6.87. The van der Waals surface area contributed by atoms with E-state index in [-0.39, 0.29) is 11.5 Å². The molecule has 0 unspecified atom stereocenters. The van der Waals surface area contributed by atoms with Crippen LogP contribution in [0.3, 0.4) is 0 Å². The third-order valence-electron chi connectivity index (χ3n) is 3.20. The Morgan fingerprint density at radius 1 is 1.08 bits per heavy atom. The van der Waals surface area contributed by atoms with Gasteiger partial charge in [0.1, 0.15) is 5.76 Å². The summed E-state index contributed by atoms with van der Waals surface area (Å²) < 4.78 is 102. The van der Waals surface area contributed by atoms with E-state index in [0.717, 1.165) is 18.9 Å². The summed E-state index contributed by atoms with van der Waals surface area (Å²) in [6.07, 6.45) is 1.34. The molecule has 1 fully saturated rings. The predicted molar refractivity (Wildman–Crippen MR) is 72.8 cm³/mol. The lowest BCUT2D eigenvalue weighted by atomic mass is 10.1. The minimum atomic E-state index is -5.94. The lowest BCUT2D eigenvalue weighted by Crippen LogP contribution is -2.25. The highest BCUT2D eigenvalue weighted by molar-refractivity contribution is 7.87. The van der Waals surface area contributed by atoms with Crippen LogP contribution in [0.25, 0.3) is 0 Å². The molecule has 1 saturated carbocycles. The molecule has 0 spiro atoms. The molecule has 0 aromatic carbocycles. The Balaban J connectivity index is 2.31. The maximum absolute atomic E-state index is 12.9. The molecule has 2 rings (SSSR count). The van der Waals surface area contributed by atoms with Crippen LogP contribution in [0.4, 0.5) is 26.3 Å². The van der Waals surface area contributed by atoms with Gasteiger partial charge in [0.05, 0.1) is 5.57 Å². The van der Waals surface area contributed by atoms with E-state index >= 15 is 0 Å². The van der Waals surface area contributed by atoms with Gasteiger partial charge < -0.3 is 4.18 Å². The summed E-state index contributed by atoms with van der Waals surface area (Å²) in [6, 6.07) is 0. The van der Waals surface area contributed by atoms with Gasteiger partial charge in [-0.05, 0) is 42.6 Å². The average Bonchev–Trinajstić information content (AvgIpc) is 3.20. The molecule has 10 heteroatoms. The maximum Gasteiger partial charge on any atom is 0.534 e. The molecule has 0 amide bonds. The first-order valence-corrected chi connectivity index (χ1v) is 8.17. The molecule has 134 valence electrons. The van der Waals surface area contributed by atoms with Gasteiger partial charge >= 0.3 is 21.8 Å². The van der Waals surface area contributed by atoms with Crippen LogP contribution in [0.15, 0.2) is 47.3 Å². The predicted octanol–water partition coefficient (Wildman–Crippen LogP) is 4.52. The van der Waals surface area contributed by atoms with Crippen molar-refractivity contribution in [1.29, 1.82) is 0 Å². The normalized spacial score (nSPS) is 20.3. The molecular weight excluding hydrogens is 362 g/mol. The van der Waals surface area contributed by atoms with Crippen molar-refractivity contribution < 1.29 is 38.9 Å². The summed E-state index contributed by atoms with van der Waals surface area (Å²) >= 11 is 0. The largest absolute Gasteiger partial charge is 0.534 e. The Kier molecular flexibility index (Phi) is 4.89. The van der Waals surface area contributed by atoms with Gasteiger partial charge in [-0.1, -0.05) is 12.2 Å². The minimum Gasteiger partial charge on any atom is -0.380 e. The lowest BCUT2D eigenvalue weighted by molar-refractivity contribution is -0.0882. The van der Waals surface area contributed by atoms with Crippen molar-refractivity contribution in [2.75, 3.05) is 0 Å². The van der Waals surface area contributed by atoms with E-state index < -0.39 is 39.6 Å². The monoisotopic (exact) mass is 374 g/mol.